The van der Waals surface area contributed by atoms with Crippen LogP contribution in [0.1, 0.15) is 36.1 Å². The van der Waals surface area contributed by atoms with E-state index in [-0.39, 0.29) is 11.3 Å². The summed E-state index contributed by atoms with van der Waals surface area (Å²) < 4.78 is 5.17. The van der Waals surface area contributed by atoms with Crippen LogP contribution in [-0.4, -0.2) is 19.6 Å². The smallest absolute Gasteiger partial charge is 0.231 e. The van der Waals surface area contributed by atoms with Crippen molar-refractivity contribution < 1.29 is 9.53 Å². The standard InChI is InChI=1S/C19H23NO2S/c1-22-16-8-6-15(7-9-16)10-13-20-18(21)19(11-2-3-12-19)17-5-4-14-23-17/h4-9,14H,2-3,10-13H2,1H3,(H,20,21). The van der Waals surface area contributed by atoms with Crippen molar-refractivity contribution >= 4 is 17.2 Å². The SMILES string of the molecule is COc1ccc(CCNC(=O)C2(c3cccs3)CCCC2)cc1. The summed E-state index contributed by atoms with van der Waals surface area (Å²) in [6.07, 6.45) is 5.08. The second kappa shape index (κ2) is 7.18. The summed E-state index contributed by atoms with van der Waals surface area (Å²) in [5.41, 5.74) is 0.927. The number of ether oxygens (including phenoxy) is 1. The Balaban J connectivity index is 1.59. The highest BCUT2D eigenvalue weighted by Crippen LogP contribution is 2.43. The number of thiophene rings is 1. The van der Waals surface area contributed by atoms with Crippen LogP contribution in [0.4, 0.5) is 0 Å². The van der Waals surface area contributed by atoms with Crippen molar-refractivity contribution in [3.63, 3.8) is 0 Å². The maximum Gasteiger partial charge on any atom is 0.231 e. The topological polar surface area (TPSA) is 38.3 Å². The Labute approximate surface area is 141 Å². The van der Waals surface area contributed by atoms with Gasteiger partial charge in [0.2, 0.25) is 5.91 Å². The fourth-order valence-corrected chi connectivity index (χ4v) is 4.38. The lowest BCUT2D eigenvalue weighted by Crippen LogP contribution is -2.42. The lowest BCUT2D eigenvalue weighted by Gasteiger charge is -2.26. The number of hydrogen-bond acceptors (Lipinski definition) is 3. The molecule has 23 heavy (non-hydrogen) atoms. The molecule has 1 aromatic heterocycles. The Morgan fingerprint density at radius 2 is 1.96 bits per heavy atom. The van der Waals surface area contributed by atoms with Gasteiger partial charge < -0.3 is 10.1 Å². The fourth-order valence-electron chi connectivity index (χ4n) is 3.40. The molecule has 3 rings (SSSR count). The number of hydrogen-bond donors (Lipinski definition) is 1. The summed E-state index contributed by atoms with van der Waals surface area (Å²) in [5, 5.41) is 5.24. The number of benzene rings is 1. The van der Waals surface area contributed by atoms with Crippen molar-refractivity contribution in [1.82, 2.24) is 5.32 Å². The van der Waals surface area contributed by atoms with Crippen molar-refractivity contribution in [2.24, 2.45) is 0 Å². The van der Waals surface area contributed by atoms with Crippen LogP contribution >= 0.6 is 11.3 Å². The molecule has 0 spiro atoms. The van der Waals surface area contributed by atoms with Crippen LogP contribution in [0.2, 0.25) is 0 Å². The van der Waals surface area contributed by atoms with Gasteiger partial charge in [0.25, 0.3) is 0 Å². The highest BCUT2D eigenvalue weighted by atomic mass is 32.1. The zero-order valence-electron chi connectivity index (χ0n) is 13.5. The van der Waals surface area contributed by atoms with Gasteiger partial charge in [-0.05, 0) is 48.4 Å². The van der Waals surface area contributed by atoms with Gasteiger partial charge in [-0.25, -0.2) is 0 Å². The lowest BCUT2D eigenvalue weighted by atomic mass is 9.83. The summed E-state index contributed by atoms with van der Waals surface area (Å²) in [6, 6.07) is 12.2. The Morgan fingerprint density at radius 1 is 1.22 bits per heavy atom. The van der Waals surface area contributed by atoms with Crippen LogP contribution in [0.5, 0.6) is 5.75 Å². The number of methoxy groups -OCH3 is 1. The van der Waals surface area contributed by atoms with E-state index in [1.165, 1.54) is 10.4 Å². The Hall–Kier alpha value is -1.81. The number of nitrogens with one attached hydrogen (secondary N) is 1. The van der Waals surface area contributed by atoms with Gasteiger partial charge in [-0.1, -0.05) is 31.0 Å². The minimum atomic E-state index is -0.284. The number of rotatable bonds is 6. The molecule has 122 valence electrons. The third-order valence-electron chi connectivity index (χ3n) is 4.74. The highest BCUT2D eigenvalue weighted by molar-refractivity contribution is 7.10. The van der Waals surface area contributed by atoms with Crippen LogP contribution in [0.25, 0.3) is 0 Å². The van der Waals surface area contributed by atoms with E-state index in [2.05, 4.69) is 28.9 Å². The Morgan fingerprint density at radius 3 is 2.57 bits per heavy atom. The van der Waals surface area contributed by atoms with E-state index in [4.69, 9.17) is 4.74 Å². The van der Waals surface area contributed by atoms with Gasteiger partial charge in [0.1, 0.15) is 5.75 Å². The zero-order valence-corrected chi connectivity index (χ0v) is 14.3. The van der Waals surface area contributed by atoms with E-state index in [0.717, 1.165) is 37.9 Å². The summed E-state index contributed by atoms with van der Waals surface area (Å²) in [5.74, 6) is 1.06. The van der Waals surface area contributed by atoms with E-state index >= 15 is 0 Å². The maximum absolute atomic E-state index is 12.8. The molecular weight excluding hydrogens is 306 g/mol. The minimum Gasteiger partial charge on any atom is -0.497 e. The van der Waals surface area contributed by atoms with E-state index in [0.29, 0.717) is 6.54 Å². The molecular formula is C19H23NO2S. The minimum absolute atomic E-state index is 0.200. The average molecular weight is 329 g/mol. The number of amides is 1. The molecule has 1 aliphatic carbocycles. The first-order chi connectivity index (χ1) is 11.2. The summed E-state index contributed by atoms with van der Waals surface area (Å²) in [7, 11) is 1.67. The fraction of sp³-hybridized carbons (Fsp3) is 0.421. The molecule has 1 fully saturated rings. The second-order valence-corrected chi connectivity index (χ2v) is 7.07. The monoisotopic (exact) mass is 329 g/mol. The van der Waals surface area contributed by atoms with Gasteiger partial charge in [0, 0.05) is 11.4 Å². The quantitative estimate of drug-likeness (QED) is 0.872. The average Bonchev–Trinajstić information content (AvgIpc) is 3.27. The zero-order chi connectivity index (χ0) is 16.1. The molecule has 0 radical (unpaired) electrons. The van der Waals surface area contributed by atoms with E-state index in [9.17, 15) is 4.79 Å². The van der Waals surface area contributed by atoms with Gasteiger partial charge in [0.15, 0.2) is 0 Å². The van der Waals surface area contributed by atoms with Crippen molar-refractivity contribution in [3.05, 3.63) is 52.2 Å². The molecule has 0 aliphatic heterocycles. The molecule has 1 heterocycles. The summed E-state index contributed by atoms with van der Waals surface area (Å²) >= 11 is 1.71. The van der Waals surface area contributed by atoms with Crippen molar-refractivity contribution in [1.29, 1.82) is 0 Å². The van der Waals surface area contributed by atoms with E-state index in [1.807, 2.05) is 18.2 Å². The van der Waals surface area contributed by atoms with Crippen LogP contribution < -0.4 is 10.1 Å². The van der Waals surface area contributed by atoms with Gasteiger partial charge in [-0.3, -0.25) is 4.79 Å². The molecule has 1 saturated carbocycles. The van der Waals surface area contributed by atoms with Crippen LogP contribution in [0.3, 0.4) is 0 Å². The largest absolute Gasteiger partial charge is 0.497 e. The summed E-state index contributed by atoms with van der Waals surface area (Å²) in [6.45, 7) is 0.679. The molecule has 1 amide bonds. The van der Waals surface area contributed by atoms with Crippen LogP contribution in [0.15, 0.2) is 41.8 Å². The maximum atomic E-state index is 12.8. The molecule has 1 aliphatic rings. The summed E-state index contributed by atoms with van der Waals surface area (Å²) in [4.78, 5) is 14.1. The molecule has 1 N–H and O–H groups in total. The normalized spacial score (nSPS) is 16.2. The first-order valence-electron chi connectivity index (χ1n) is 8.20. The van der Waals surface area contributed by atoms with E-state index in [1.54, 1.807) is 18.4 Å². The van der Waals surface area contributed by atoms with Gasteiger partial charge >= 0.3 is 0 Å². The first kappa shape index (κ1) is 16.1. The number of carbonyl (C=O) groups excluding carboxylic acids is 1. The van der Waals surface area contributed by atoms with E-state index < -0.39 is 0 Å². The van der Waals surface area contributed by atoms with Crippen molar-refractivity contribution in [2.75, 3.05) is 13.7 Å². The Bertz CT molecular complexity index is 628. The molecule has 0 bridgehead atoms. The Kier molecular flexibility index (Phi) is 5.01. The molecule has 0 saturated heterocycles. The predicted octanol–water partition coefficient (Wildman–Crippen LogP) is 3.93. The molecule has 0 unspecified atom stereocenters. The molecule has 2 aromatic rings. The number of carbonyl (C=O) groups is 1. The third-order valence-corrected chi connectivity index (χ3v) is 5.82. The molecule has 3 nitrogen and oxygen atoms in total. The lowest BCUT2D eigenvalue weighted by molar-refractivity contribution is -0.126. The first-order valence-corrected chi connectivity index (χ1v) is 9.08. The predicted molar refractivity (Wildman–Crippen MR) is 94.2 cm³/mol. The van der Waals surface area contributed by atoms with Gasteiger partial charge in [-0.2, -0.15) is 0 Å². The van der Waals surface area contributed by atoms with Gasteiger partial charge in [0.05, 0.1) is 12.5 Å². The third kappa shape index (κ3) is 3.42. The second-order valence-electron chi connectivity index (χ2n) is 6.12. The van der Waals surface area contributed by atoms with Crippen LogP contribution in [-0.2, 0) is 16.6 Å². The van der Waals surface area contributed by atoms with Gasteiger partial charge in [-0.15, -0.1) is 11.3 Å². The molecule has 4 heteroatoms. The highest BCUT2D eigenvalue weighted by Gasteiger charge is 2.43. The molecule has 0 atom stereocenters. The van der Waals surface area contributed by atoms with Crippen molar-refractivity contribution in [2.45, 2.75) is 37.5 Å². The molecule has 1 aromatic carbocycles. The van der Waals surface area contributed by atoms with Crippen molar-refractivity contribution in [3.8, 4) is 5.75 Å². The van der Waals surface area contributed by atoms with Crippen LogP contribution in [0, 0.1) is 0 Å².